The van der Waals surface area contributed by atoms with E-state index in [-0.39, 0.29) is 17.4 Å². The van der Waals surface area contributed by atoms with Crippen LogP contribution in [0.4, 0.5) is 5.69 Å². The van der Waals surface area contributed by atoms with Crippen molar-refractivity contribution < 1.29 is 9.53 Å². The Labute approximate surface area is 214 Å². The molecular formula is C29H47ClN2O2. The number of rotatable bonds is 9. The van der Waals surface area contributed by atoms with Crippen LogP contribution in [-0.4, -0.2) is 31.9 Å². The summed E-state index contributed by atoms with van der Waals surface area (Å²) < 4.78 is 5.18. The van der Waals surface area contributed by atoms with E-state index in [0.717, 1.165) is 23.3 Å². The Kier molecular flexibility index (Phi) is 19.2. The van der Waals surface area contributed by atoms with Gasteiger partial charge in [0.2, 0.25) is 0 Å². The molecule has 1 aromatic carbocycles. The SMILES string of the molecule is C/C=C(\CC)C(=O)Nc1ccc(C(C)(C)C)cc1.C=NC(C)C(=C/C)/C(Cl)=C\COCC.CC. The summed E-state index contributed by atoms with van der Waals surface area (Å²) in [6.45, 7) is 25.0. The fourth-order valence-electron chi connectivity index (χ4n) is 2.81. The Morgan fingerprint density at radius 3 is 2.09 bits per heavy atom. The van der Waals surface area contributed by atoms with Gasteiger partial charge in [-0.3, -0.25) is 9.79 Å². The molecule has 0 saturated carbocycles. The third-order valence-electron chi connectivity index (χ3n) is 4.93. The molecule has 0 aliphatic rings. The van der Waals surface area contributed by atoms with Crippen LogP contribution in [-0.2, 0) is 14.9 Å². The highest BCUT2D eigenvalue weighted by Gasteiger charge is 2.13. The van der Waals surface area contributed by atoms with Gasteiger partial charge in [0.1, 0.15) is 0 Å². The van der Waals surface area contributed by atoms with E-state index in [9.17, 15) is 4.79 Å². The van der Waals surface area contributed by atoms with Crippen LogP contribution < -0.4 is 5.32 Å². The molecule has 1 N–H and O–H groups in total. The highest BCUT2D eigenvalue weighted by molar-refractivity contribution is 6.32. The second-order valence-electron chi connectivity index (χ2n) is 8.26. The van der Waals surface area contributed by atoms with E-state index < -0.39 is 0 Å². The van der Waals surface area contributed by atoms with Gasteiger partial charge < -0.3 is 10.1 Å². The van der Waals surface area contributed by atoms with Gasteiger partial charge in [-0.2, -0.15) is 0 Å². The molecule has 1 rings (SSSR count). The maximum absolute atomic E-state index is 11.9. The molecule has 4 nitrogen and oxygen atoms in total. The first kappa shape index (κ1) is 34.0. The van der Waals surface area contributed by atoms with Gasteiger partial charge >= 0.3 is 0 Å². The summed E-state index contributed by atoms with van der Waals surface area (Å²) in [5.74, 6) is -0.0106. The molecule has 0 aliphatic heterocycles. The number of nitrogens with zero attached hydrogens (tertiary/aromatic N) is 1. The minimum atomic E-state index is -0.0106. The third kappa shape index (κ3) is 13.5. The molecule has 0 bridgehead atoms. The highest BCUT2D eigenvalue weighted by Crippen LogP contribution is 2.23. The molecular weight excluding hydrogens is 444 g/mol. The molecule has 34 heavy (non-hydrogen) atoms. The average Bonchev–Trinajstić information content (AvgIpc) is 2.82. The number of carbonyl (C=O) groups excluding carboxylic acids is 1. The van der Waals surface area contributed by atoms with Gasteiger partial charge in [0.15, 0.2) is 0 Å². The number of benzene rings is 1. The molecule has 0 saturated heterocycles. The van der Waals surface area contributed by atoms with Crippen molar-refractivity contribution in [2.45, 2.75) is 87.1 Å². The minimum absolute atomic E-state index is 0.0106. The number of aliphatic imine (C=N–C) groups is 1. The van der Waals surface area contributed by atoms with E-state index in [1.54, 1.807) is 0 Å². The number of hydrogen-bond donors (Lipinski definition) is 1. The number of anilines is 1. The summed E-state index contributed by atoms with van der Waals surface area (Å²) in [4.78, 5) is 15.8. The van der Waals surface area contributed by atoms with Gasteiger partial charge in [0.05, 0.1) is 12.6 Å². The third-order valence-corrected chi connectivity index (χ3v) is 5.30. The van der Waals surface area contributed by atoms with Crippen molar-refractivity contribution in [2.24, 2.45) is 4.99 Å². The first-order valence-corrected chi connectivity index (χ1v) is 12.6. The van der Waals surface area contributed by atoms with E-state index in [1.165, 1.54) is 5.56 Å². The number of allylic oxidation sites excluding steroid dienone is 2. The lowest BCUT2D eigenvalue weighted by Gasteiger charge is -2.19. The molecule has 0 radical (unpaired) electrons. The normalized spacial score (nSPS) is 13.1. The Balaban J connectivity index is 0. The topological polar surface area (TPSA) is 50.7 Å². The molecule has 0 heterocycles. The first-order valence-electron chi connectivity index (χ1n) is 12.2. The van der Waals surface area contributed by atoms with Crippen LogP contribution in [0, 0.1) is 0 Å². The zero-order chi connectivity index (χ0) is 26.7. The molecule has 0 aliphatic carbocycles. The van der Waals surface area contributed by atoms with Crippen LogP contribution in [0.2, 0.25) is 0 Å². The highest BCUT2D eigenvalue weighted by atomic mass is 35.5. The average molecular weight is 491 g/mol. The summed E-state index contributed by atoms with van der Waals surface area (Å²) in [6, 6.07) is 8.08. The summed E-state index contributed by atoms with van der Waals surface area (Å²) >= 11 is 6.08. The van der Waals surface area contributed by atoms with E-state index in [4.69, 9.17) is 16.3 Å². The molecule has 192 valence electrons. The molecule has 0 aromatic heterocycles. The van der Waals surface area contributed by atoms with Crippen LogP contribution in [0.25, 0.3) is 0 Å². The smallest absolute Gasteiger partial charge is 0.251 e. The van der Waals surface area contributed by atoms with Crippen LogP contribution in [0.5, 0.6) is 0 Å². The zero-order valence-electron chi connectivity index (χ0n) is 23.1. The Bertz CT molecular complexity index is 800. The van der Waals surface area contributed by atoms with Crippen molar-refractivity contribution in [1.82, 2.24) is 0 Å². The number of ether oxygens (including phenoxy) is 1. The molecule has 1 aromatic rings. The molecule has 1 atom stereocenters. The summed E-state index contributed by atoms with van der Waals surface area (Å²) in [5, 5.41) is 3.61. The lowest BCUT2D eigenvalue weighted by molar-refractivity contribution is -0.113. The van der Waals surface area contributed by atoms with Gasteiger partial charge in [0, 0.05) is 22.9 Å². The fraction of sp³-hybridized carbons (Fsp3) is 0.517. The standard InChI is InChI=1S/C16H23NO.C11H18ClNO.C2H6/c1-6-12(7-2)15(18)17-14-10-8-13(9-11-14)16(3,4)5;1-5-10(9(3)13-4)11(12)7-8-14-6-2;1-2/h6,8-11H,7H2,1-5H3,(H,17,18);5,7,9H,4,6,8H2,1-3H3;1-2H3/b12-6+;10-5-,11-7+;. The van der Waals surface area contributed by atoms with E-state index in [2.05, 4.69) is 49.9 Å². The monoisotopic (exact) mass is 490 g/mol. The van der Waals surface area contributed by atoms with Crippen molar-refractivity contribution in [3.63, 3.8) is 0 Å². The molecule has 1 amide bonds. The quantitative estimate of drug-likeness (QED) is 0.163. The van der Waals surface area contributed by atoms with Crippen molar-refractivity contribution in [2.75, 3.05) is 18.5 Å². The minimum Gasteiger partial charge on any atom is -0.378 e. The van der Waals surface area contributed by atoms with Gasteiger partial charge in [-0.15, -0.1) is 0 Å². The second kappa shape index (κ2) is 19.2. The van der Waals surface area contributed by atoms with Gasteiger partial charge in [-0.25, -0.2) is 0 Å². The summed E-state index contributed by atoms with van der Waals surface area (Å²) in [5.41, 5.74) is 4.06. The fourth-order valence-corrected chi connectivity index (χ4v) is 3.14. The van der Waals surface area contributed by atoms with Crippen molar-refractivity contribution in [3.8, 4) is 0 Å². The van der Waals surface area contributed by atoms with E-state index >= 15 is 0 Å². The van der Waals surface area contributed by atoms with Crippen LogP contribution >= 0.6 is 11.6 Å². The number of hydrogen-bond acceptors (Lipinski definition) is 3. The Morgan fingerprint density at radius 1 is 1.15 bits per heavy atom. The molecule has 0 fully saturated rings. The largest absolute Gasteiger partial charge is 0.378 e. The molecule has 1 unspecified atom stereocenters. The first-order chi connectivity index (χ1) is 16.0. The second-order valence-corrected chi connectivity index (χ2v) is 8.67. The Hall–Kier alpha value is -2.17. The maximum atomic E-state index is 11.9. The Morgan fingerprint density at radius 2 is 1.71 bits per heavy atom. The van der Waals surface area contributed by atoms with Crippen LogP contribution in [0.1, 0.15) is 81.2 Å². The van der Waals surface area contributed by atoms with Gasteiger partial charge in [0.25, 0.3) is 5.91 Å². The van der Waals surface area contributed by atoms with Crippen molar-refractivity contribution >= 4 is 29.9 Å². The maximum Gasteiger partial charge on any atom is 0.251 e. The van der Waals surface area contributed by atoms with E-state index in [0.29, 0.717) is 18.2 Å². The van der Waals surface area contributed by atoms with Crippen molar-refractivity contribution in [3.05, 3.63) is 64.2 Å². The summed E-state index contributed by atoms with van der Waals surface area (Å²) in [7, 11) is 0. The van der Waals surface area contributed by atoms with Crippen LogP contribution in [0.15, 0.2) is 63.7 Å². The van der Waals surface area contributed by atoms with Crippen molar-refractivity contribution in [1.29, 1.82) is 0 Å². The molecule has 5 heteroatoms. The number of halogens is 1. The lowest BCUT2D eigenvalue weighted by atomic mass is 9.87. The number of amides is 1. The van der Waals surface area contributed by atoms with Crippen LogP contribution in [0.3, 0.4) is 0 Å². The number of nitrogens with one attached hydrogen (secondary N) is 1. The summed E-state index contributed by atoms with van der Waals surface area (Å²) in [6.07, 6.45) is 6.41. The predicted molar refractivity (Wildman–Crippen MR) is 152 cm³/mol. The van der Waals surface area contributed by atoms with Gasteiger partial charge in [-0.05, 0) is 75.6 Å². The van der Waals surface area contributed by atoms with Gasteiger partial charge in [-0.1, -0.05) is 77.4 Å². The predicted octanol–water partition coefficient (Wildman–Crippen LogP) is 8.49. The lowest BCUT2D eigenvalue weighted by Crippen LogP contribution is -2.15. The number of carbonyl (C=O) groups is 1. The zero-order valence-corrected chi connectivity index (χ0v) is 23.8. The molecule has 0 spiro atoms. The van der Waals surface area contributed by atoms with E-state index in [1.807, 2.05) is 78.8 Å².